The van der Waals surface area contributed by atoms with Gasteiger partial charge < -0.3 is 0 Å². The largest absolute Gasteiger partial charge is 0.500 e. The van der Waals surface area contributed by atoms with Crippen LogP contribution in [0.5, 0.6) is 0 Å². The minimum absolute atomic E-state index is 0.0137. The molecule has 0 N–H and O–H groups in total. The Hall–Kier alpha value is -1.51. The lowest BCUT2D eigenvalue weighted by atomic mass is 10.5. The molecule has 0 aromatic heterocycles. The molecule has 69 valence electrons. The van der Waals surface area contributed by atoms with Crippen molar-refractivity contribution < 1.29 is 29.2 Å². The zero-order valence-corrected chi connectivity index (χ0v) is 6.59. The number of rotatable bonds is 1. The summed E-state index contributed by atoms with van der Waals surface area (Å²) >= 11 is 0. The molecule has 3 aliphatic rings. The van der Waals surface area contributed by atoms with Crippen LogP contribution in [0, 0.1) is 0 Å². The van der Waals surface area contributed by atoms with Gasteiger partial charge in [0.25, 0.3) is 0 Å². The van der Waals surface area contributed by atoms with E-state index in [9.17, 15) is 19.6 Å². The maximum absolute atomic E-state index is 11.1. The number of carbonyl (C=O) groups excluding carboxylic acids is 3. The Balaban J connectivity index is 2.42. The number of hydrogen-bond donors (Lipinski definition) is 0. The van der Waals surface area contributed by atoms with E-state index >= 15 is 0 Å². The predicted octanol–water partition coefficient (Wildman–Crippen LogP) is 0.00640. The molecule has 13 heavy (non-hydrogen) atoms. The smallest absolute Gasteiger partial charge is 0.242 e. The number of nitrogens with zero attached hydrogens (tertiary/aromatic N) is 3. The van der Waals surface area contributed by atoms with Crippen LogP contribution < -0.4 is 0 Å². The van der Waals surface area contributed by atoms with Crippen molar-refractivity contribution in [3.63, 3.8) is 0 Å². The van der Waals surface area contributed by atoms with Crippen LogP contribution in [0.25, 0.3) is 0 Å². The summed E-state index contributed by atoms with van der Waals surface area (Å²) in [5, 5.41) is 10.7. The van der Waals surface area contributed by atoms with Crippen molar-refractivity contribution in [1.29, 1.82) is 0 Å². The fourth-order valence-corrected chi connectivity index (χ4v) is 1.20. The number of urea groups is 3. The van der Waals surface area contributed by atoms with Gasteiger partial charge in [-0.1, -0.05) is 5.21 Å². The Bertz CT molecular complexity index is 324. The summed E-state index contributed by atoms with van der Waals surface area (Å²) in [6.45, 7) is 1.48. The molecule has 6 amide bonds. The van der Waals surface area contributed by atoms with Gasteiger partial charge in [0.15, 0.2) is 0 Å². The van der Waals surface area contributed by atoms with Gasteiger partial charge in [0.2, 0.25) is 0 Å². The van der Waals surface area contributed by atoms with Crippen LogP contribution in [0.3, 0.4) is 0 Å². The van der Waals surface area contributed by atoms with Crippen LogP contribution in [0.1, 0.15) is 6.92 Å². The van der Waals surface area contributed by atoms with Crippen LogP contribution in [0.4, 0.5) is 14.4 Å². The van der Waals surface area contributed by atoms with Gasteiger partial charge >= 0.3 is 18.1 Å². The number of hydrogen-bond acceptors (Lipinski definition) is 4. The number of carbonyl (C=O) groups is 3. The number of hydroxylamine groups is 7. The second kappa shape index (κ2) is 2.05. The van der Waals surface area contributed by atoms with Gasteiger partial charge in [0.1, 0.15) is 6.54 Å². The summed E-state index contributed by atoms with van der Waals surface area (Å²) in [7, 11) is 0. The fourth-order valence-electron chi connectivity index (χ4n) is 1.20. The van der Waals surface area contributed by atoms with Gasteiger partial charge in [-0.2, -0.15) is 9.59 Å². The quantitative estimate of drug-likeness (QED) is 0.541. The van der Waals surface area contributed by atoms with E-state index in [0.29, 0.717) is 0 Å². The van der Waals surface area contributed by atoms with Gasteiger partial charge in [0.05, 0.1) is 0 Å². The Morgan fingerprint density at radius 3 is 2.38 bits per heavy atom. The number of quaternary nitrogens is 1. The summed E-state index contributed by atoms with van der Waals surface area (Å²) in [6.07, 6.45) is 0. The van der Waals surface area contributed by atoms with Crippen molar-refractivity contribution in [1.82, 2.24) is 10.1 Å². The molecular formula is C5H5N3O5+. The molecule has 8 nitrogen and oxygen atoms in total. The summed E-state index contributed by atoms with van der Waals surface area (Å²) in [5.41, 5.74) is 0. The normalized spacial score (nSPS) is 32.3. The van der Waals surface area contributed by atoms with Crippen LogP contribution >= 0.6 is 0 Å². The van der Waals surface area contributed by atoms with Crippen LogP contribution in [0.15, 0.2) is 0 Å². The highest BCUT2D eigenvalue weighted by molar-refractivity contribution is 6.05. The van der Waals surface area contributed by atoms with Crippen LogP contribution in [-0.4, -0.2) is 39.4 Å². The van der Waals surface area contributed by atoms with Gasteiger partial charge in [-0.25, -0.2) is 4.79 Å². The second-order valence-corrected chi connectivity index (χ2v) is 2.57. The van der Waals surface area contributed by atoms with Gasteiger partial charge in [0, 0.05) is 4.65 Å². The van der Waals surface area contributed by atoms with E-state index in [2.05, 4.69) is 4.94 Å². The van der Waals surface area contributed by atoms with Gasteiger partial charge in [-0.05, 0) is 22.0 Å². The first-order chi connectivity index (χ1) is 6.04. The van der Waals surface area contributed by atoms with Crippen molar-refractivity contribution in [3.8, 4) is 0 Å². The summed E-state index contributed by atoms with van der Waals surface area (Å²) in [4.78, 5) is 37.7. The molecule has 1 unspecified atom stereocenters. The molecule has 0 spiro atoms. The third-order valence-corrected chi connectivity index (χ3v) is 1.98. The standard InChI is InChI=1S/C5H5N3O5/c1-2-8-4(10)6(12)3(9)7(13-8)5(8)11/h2H2,1H3/q+1. The molecule has 3 saturated heterocycles. The molecule has 3 fully saturated rings. The molecule has 1 atom stereocenters. The van der Waals surface area contributed by atoms with E-state index in [1.807, 2.05) is 0 Å². The van der Waals surface area contributed by atoms with E-state index < -0.39 is 22.7 Å². The van der Waals surface area contributed by atoms with Crippen molar-refractivity contribution in [2.24, 2.45) is 0 Å². The summed E-state index contributed by atoms with van der Waals surface area (Å²) in [6, 6.07) is -3.30. The van der Waals surface area contributed by atoms with E-state index in [4.69, 9.17) is 0 Å². The highest BCUT2D eigenvalue weighted by atomic mass is 17.0. The molecule has 1 radical (unpaired) electrons. The summed E-state index contributed by atoms with van der Waals surface area (Å²) < 4.78 is -1.05. The summed E-state index contributed by atoms with van der Waals surface area (Å²) in [5.74, 6) is 0. The molecule has 0 aliphatic carbocycles. The molecular weight excluding hydrogens is 182 g/mol. The van der Waals surface area contributed by atoms with E-state index in [-0.39, 0.29) is 16.7 Å². The van der Waals surface area contributed by atoms with Crippen molar-refractivity contribution in [2.45, 2.75) is 6.92 Å². The lowest BCUT2D eigenvalue weighted by Crippen LogP contribution is -2.82. The first-order valence-corrected chi connectivity index (χ1v) is 3.53. The number of fused-ring (bicyclic) bond motifs is 2. The molecule has 0 saturated carbocycles. The van der Waals surface area contributed by atoms with E-state index in [1.165, 1.54) is 6.92 Å². The lowest BCUT2D eigenvalue weighted by molar-refractivity contribution is -1.06. The minimum Gasteiger partial charge on any atom is -0.242 e. The first-order valence-electron chi connectivity index (χ1n) is 3.53. The third-order valence-electron chi connectivity index (χ3n) is 1.98. The molecule has 0 aromatic carbocycles. The Morgan fingerprint density at radius 2 is 1.92 bits per heavy atom. The average Bonchev–Trinajstić information content (AvgIpc) is 2.13. The van der Waals surface area contributed by atoms with Crippen LogP contribution in [0.2, 0.25) is 0 Å². The van der Waals surface area contributed by atoms with E-state index in [1.54, 1.807) is 0 Å². The molecule has 8 heteroatoms. The molecule has 2 bridgehead atoms. The molecule has 3 heterocycles. The Labute approximate surface area is 71.9 Å². The van der Waals surface area contributed by atoms with Crippen molar-refractivity contribution >= 4 is 18.1 Å². The zero-order valence-electron chi connectivity index (χ0n) is 6.59. The van der Waals surface area contributed by atoms with Crippen molar-refractivity contribution in [3.05, 3.63) is 0 Å². The van der Waals surface area contributed by atoms with E-state index in [0.717, 1.165) is 0 Å². The first kappa shape index (κ1) is 8.10. The SMILES string of the molecule is CC[N+]12ON(C(=O)N([O])C1=O)C2=O. The molecule has 3 aliphatic heterocycles. The highest BCUT2D eigenvalue weighted by Gasteiger charge is 2.74. The monoisotopic (exact) mass is 187 g/mol. The van der Waals surface area contributed by atoms with Gasteiger partial charge in [-0.3, -0.25) is 0 Å². The lowest BCUT2D eigenvalue weighted by Gasteiger charge is -2.44. The fraction of sp³-hybridized carbons (Fsp3) is 0.400. The molecule has 0 aromatic rings. The van der Waals surface area contributed by atoms with Crippen molar-refractivity contribution in [2.75, 3.05) is 6.54 Å². The minimum atomic E-state index is -1.29. The maximum atomic E-state index is 11.1. The van der Waals surface area contributed by atoms with Gasteiger partial charge in [-0.15, -0.1) is 0 Å². The molecule has 3 rings (SSSR count). The number of imide groups is 3. The third kappa shape index (κ3) is 0.636. The Kier molecular flexibility index (Phi) is 1.28. The predicted molar refractivity (Wildman–Crippen MR) is 32.4 cm³/mol. The average molecular weight is 187 g/mol. The zero-order chi connectivity index (χ0) is 9.80. The van der Waals surface area contributed by atoms with Crippen LogP contribution in [-0.2, 0) is 10.1 Å². The topological polar surface area (TPSA) is 86.8 Å². The second-order valence-electron chi connectivity index (χ2n) is 2.57. The maximum Gasteiger partial charge on any atom is 0.500 e. The number of amides is 6. The highest BCUT2D eigenvalue weighted by Crippen LogP contribution is 2.33. The Morgan fingerprint density at radius 1 is 1.31 bits per heavy atom.